The molecule has 0 aliphatic heterocycles. The minimum atomic E-state index is -0.314. The highest BCUT2D eigenvalue weighted by molar-refractivity contribution is 5.82. The number of ether oxygens (including phenoxy) is 1. The zero-order chi connectivity index (χ0) is 11.5. The molecule has 1 N–H and O–H groups in total. The number of hydrogen-bond acceptors (Lipinski definition) is 3. The number of allylic oxidation sites excluding steroid dienone is 3. The van der Waals surface area contributed by atoms with Gasteiger partial charge in [0.05, 0.1) is 12.7 Å². The second kappa shape index (κ2) is 9.46. The summed E-state index contributed by atoms with van der Waals surface area (Å²) < 4.78 is 4.71. The molecule has 3 nitrogen and oxygen atoms in total. The Kier molecular flexibility index (Phi) is 8.78. The first-order valence-corrected chi connectivity index (χ1v) is 5.34. The van der Waals surface area contributed by atoms with Crippen LogP contribution in [-0.4, -0.2) is 23.8 Å². The molecule has 0 spiro atoms. The third-order valence-electron chi connectivity index (χ3n) is 1.76. The average Bonchev–Trinajstić information content (AvgIpc) is 2.16. The molecular weight excluding hydrogens is 192 g/mol. The van der Waals surface area contributed by atoms with Gasteiger partial charge in [-0.05, 0) is 33.1 Å². The van der Waals surface area contributed by atoms with Gasteiger partial charge in [0.2, 0.25) is 0 Å². The van der Waals surface area contributed by atoms with Crippen molar-refractivity contribution in [3.05, 3.63) is 24.3 Å². The van der Waals surface area contributed by atoms with Gasteiger partial charge in [0.25, 0.3) is 0 Å². The van der Waals surface area contributed by atoms with Crippen LogP contribution >= 0.6 is 0 Å². The van der Waals surface area contributed by atoms with E-state index in [0.717, 1.165) is 19.3 Å². The van der Waals surface area contributed by atoms with Crippen LogP contribution in [0.4, 0.5) is 0 Å². The molecule has 0 bridgehead atoms. The molecule has 0 fully saturated rings. The van der Waals surface area contributed by atoms with E-state index >= 15 is 0 Å². The summed E-state index contributed by atoms with van der Waals surface area (Å²) in [6.07, 6.45) is 9.31. The van der Waals surface area contributed by atoms with Gasteiger partial charge in [-0.15, -0.1) is 0 Å². The molecule has 0 unspecified atom stereocenters. The molecule has 0 aromatic carbocycles. The largest absolute Gasteiger partial charge is 0.463 e. The lowest BCUT2D eigenvalue weighted by Crippen LogP contribution is -1.98. The van der Waals surface area contributed by atoms with E-state index in [4.69, 9.17) is 9.84 Å². The van der Waals surface area contributed by atoms with Crippen molar-refractivity contribution in [1.29, 1.82) is 0 Å². The van der Waals surface area contributed by atoms with Crippen LogP contribution < -0.4 is 0 Å². The topological polar surface area (TPSA) is 46.5 Å². The number of aliphatic hydroxyl groups excluding tert-OH is 1. The lowest BCUT2D eigenvalue weighted by molar-refractivity contribution is -0.137. The van der Waals surface area contributed by atoms with Crippen LogP contribution in [0.1, 0.15) is 33.1 Å². The lowest BCUT2D eigenvalue weighted by atomic mass is 10.1. The van der Waals surface area contributed by atoms with Gasteiger partial charge in [0, 0.05) is 6.08 Å². The summed E-state index contributed by atoms with van der Waals surface area (Å²) in [7, 11) is 0. The molecule has 0 saturated carbocycles. The van der Waals surface area contributed by atoms with E-state index < -0.39 is 0 Å². The van der Waals surface area contributed by atoms with Crippen LogP contribution in [0.15, 0.2) is 24.3 Å². The molecule has 86 valence electrons. The molecule has 15 heavy (non-hydrogen) atoms. The molecule has 1 atom stereocenters. The van der Waals surface area contributed by atoms with Gasteiger partial charge in [0.15, 0.2) is 0 Å². The van der Waals surface area contributed by atoms with Crippen molar-refractivity contribution in [3.63, 3.8) is 0 Å². The van der Waals surface area contributed by atoms with Crippen molar-refractivity contribution in [2.24, 2.45) is 0 Å². The third-order valence-corrected chi connectivity index (χ3v) is 1.76. The normalized spacial score (nSPS) is 13.5. The highest BCUT2D eigenvalue weighted by atomic mass is 16.5. The summed E-state index contributed by atoms with van der Waals surface area (Å²) >= 11 is 0. The standard InChI is InChI=1S/C12H20O3/c1-3-15-12(14)10-8-6-4-5-7-9-11(2)13/h4,6,8,10-11,13H,3,5,7,9H2,1-2H3/b6-4+,10-8-/t11-/m1/s1. The smallest absolute Gasteiger partial charge is 0.330 e. The van der Waals surface area contributed by atoms with Crippen molar-refractivity contribution in [3.8, 4) is 0 Å². The minimum Gasteiger partial charge on any atom is -0.463 e. The molecule has 0 amide bonds. The Morgan fingerprint density at radius 1 is 1.47 bits per heavy atom. The molecule has 0 aliphatic rings. The zero-order valence-corrected chi connectivity index (χ0v) is 9.48. The fraction of sp³-hybridized carbons (Fsp3) is 0.583. The van der Waals surface area contributed by atoms with Crippen molar-refractivity contribution >= 4 is 5.97 Å². The maximum absolute atomic E-state index is 10.8. The van der Waals surface area contributed by atoms with Crippen LogP contribution in [0.5, 0.6) is 0 Å². The number of esters is 1. The fourth-order valence-corrected chi connectivity index (χ4v) is 1.03. The Labute approximate surface area is 91.4 Å². The number of aliphatic hydroxyl groups is 1. The lowest BCUT2D eigenvalue weighted by Gasteiger charge is -1.99. The molecule has 0 heterocycles. The third kappa shape index (κ3) is 10.8. The fourth-order valence-electron chi connectivity index (χ4n) is 1.03. The average molecular weight is 212 g/mol. The van der Waals surface area contributed by atoms with E-state index in [-0.39, 0.29) is 12.1 Å². The van der Waals surface area contributed by atoms with Gasteiger partial charge in [-0.1, -0.05) is 18.2 Å². The van der Waals surface area contributed by atoms with Crippen LogP contribution in [-0.2, 0) is 9.53 Å². The highest BCUT2D eigenvalue weighted by Crippen LogP contribution is 2.00. The molecule has 0 aliphatic carbocycles. The van der Waals surface area contributed by atoms with Gasteiger partial charge in [-0.25, -0.2) is 4.79 Å². The van der Waals surface area contributed by atoms with Crippen LogP contribution in [0.25, 0.3) is 0 Å². The van der Waals surface area contributed by atoms with E-state index in [1.54, 1.807) is 19.9 Å². The van der Waals surface area contributed by atoms with Crippen molar-refractivity contribution in [2.75, 3.05) is 6.61 Å². The second-order valence-corrected chi connectivity index (χ2v) is 3.32. The predicted molar refractivity (Wildman–Crippen MR) is 60.4 cm³/mol. The van der Waals surface area contributed by atoms with Crippen LogP contribution in [0.3, 0.4) is 0 Å². The summed E-state index contributed by atoms with van der Waals surface area (Å²) in [6, 6.07) is 0. The summed E-state index contributed by atoms with van der Waals surface area (Å²) in [5.74, 6) is -0.314. The summed E-state index contributed by atoms with van der Waals surface area (Å²) in [6.45, 7) is 3.96. The van der Waals surface area contributed by atoms with Crippen LogP contribution in [0, 0.1) is 0 Å². The number of unbranched alkanes of at least 4 members (excludes halogenated alkanes) is 1. The predicted octanol–water partition coefficient (Wildman–Crippen LogP) is 2.21. The summed E-state index contributed by atoms with van der Waals surface area (Å²) in [5.41, 5.74) is 0. The molecular formula is C12H20O3. The van der Waals surface area contributed by atoms with Gasteiger partial charge in [-0.2, -0.15) is 0 Å². The first-order chi connectivity index (χ1) is 7.16. The molecule has 0 aromatic heterocycles. The molecule has 0 radical (unpaired) electrons. The zero-order valence-electron chi connectivity index (χ0n) is 9.48. The minimum absolute atomic E-state index is 0.228. The van der Waals surface area contributed by atoms with Gasteiger partial charge in [-0.3, -0.25) is 0 Å². The molecule has 0 rings (SSSR count). The Hall–Kier alpha value is -1.09. The summed E-state index contributed by atoms with van der Waals surface area (Å²) in [4.78, 5) is 10.8. The van der Waals surface area contributed by atoms with Gasteiger partial charge in [0.1, 0.15) is 0 Å². The number of hydrogen-bond donors (Lipinski definition) is 1. The van der Waals surface area contributed by atoms with E-state index in [9.17, 15) is 4.79 Å². The Morgan fingerprint density at radius 3 is 2.80 bits per heavy atom. The first-order valence-electron chi connectivity index (χ1n) is 5.34. The Morgan fingerprint density at radius 2 is 2.20 bits per heavy atom. The second-order valence-electron chi connectivity index (χ2n) is 3.32. The Bertz CT molecular complexity index is 217. The monoisotopic (exact) mass is 212 g/mol. The number of rotatable bonds is 7. The maximum Gasteiger partial charge on any atom is 0.330 e. The van der Waals surface area contributed by atoms with E-state index in [0.29, 0.717) is 6.61 Å². The summed E-state index contributed by atoms with van der Waals surface area (Å²) in [5, 5.41) is 8.99. The van der Waals surface area contributed by atoms with Crippen molar-refractivity contribution in [1.82, 2.24) is 0 Å². The molecule has 0 aromatic rings. The number of carbonyl (C=O) groups is 1. The van der Waals surface area contributed by atoms with E-state index in [1.165, 1.54) is 6.08 Å². The molecule has 3 heteroatoms. The van der Waals surface area contributed by atoms with E-state index in [2.05, 4.69) is 0 Å². The number of carbonyl (C=O) groups excluding carboxylic acids is 1. The quantitative estimate of drug-likeness (QED) is 0.304. The van der Waals surface area contributed by atoms with Crippen molar-refractivity contribution in [2.45, 2.75) is 39.2 Å². The van der Waals surface area contributed by atoms with Crippen molar-refractivity contribution < 1.29 is 14.6 Å². The van der Waals surface area contributed by atoms with Gasteiger partial charge >= 0.3 is 5.97 Å². The van der Waals surface area contributed by atoms with E-state index in [1.807, 2.05) is 12.2 Å². The first kappa shape index (κ1) is 13.9. The maximum atomic E-state index is 10.8. The van der Waals surface area contributed by atoms with Crippen LogP contribution in [0.2, 0.25) is 0 Å². The molecule has 0 saturated heterocycles. The van der Waals surface area contributed by atoms with Gasteiger partial charge < -0.3 is 9.84 Å². The SMILES string of the molecule is CCOC(=O)/C=C\C=C\CCC[C@@H](C)O. The highest BCUT2D eigenvalue weighted by Gasteiger charge is 1.92. The Balaban J connectivity index is 3.49.